The molecule has 0 saturated carbocycles. The topological polar surface area (TPSA) is 83.9 Å². The number of hydroxylamine groups is 2. The van der Waals surface area contributed by atoms with Gasteiger partial charge in [0.15, 0.2) is 0 Å². The largest absolute Gasteiger partial charge is 0.396 e. The van der Waals surface area contributed by atoms with Gasteiger partial charge in [0, 0.05) is 6.42 Å². The van der Waals surface area contributed by atoms with Crippen molar-refractivity contribution in [1.82, 2.24) is 5.06 Å². The minimum Gasteiger partial charge on any atom is -0.396 e. The van der Waals surface area contributed by atoms with Gasteiger partial charge in [-0.2, -0.15) is 0 Å². The monoisotopic (exact) mass is 189 g/mol. The molecule has 0 atom stereocenters. The highest BCUT2D eigenvalue weighted by Gasteiger charge is 2.15. The average molecular weight is 189 g/mol. The van der Waals surface area contributed by atoms with Gasteiger partial charge >= 0.3 is 5.97 Å². The predicted octanol–water partition coefficient (Wildman–Crippen LogP) is -0.778. The van der Waals surface area contributed by atoms with Gasteiger partial charge in [0.25, 0.3) is 12.3 Å². The summed E-state index contributed by atoms with van der Waals surface area (Å²) in [7, 11) is 0. The highest BCUT2D eigenvalue weighted by atomic mass is 16.7. The van der Waals surface area contributed by atoms with Gasteiger partial charge in [0.2, 0.25) is 0 Å². The summed E-state index contributed by atoms with van der Waals surface area (Å²) < 4.78 is 0. The van der Waals surface area contributed by atoms with Crippen molar-refractivity contribution in [3.63, 3.8) is 0 Å². The molecule has 0 saturated heterocycles. The Bertz CT molecular complexity index is 203. The summed E-state index contributed by atoms with van der Waals surface area (Å²) in [5.74, 6) is -1.43. The van der Waals surface area contributed by atoms with Crippen LogP contribution in [0.2, 0.25) is 0 Å². The molecule has 0 spiro atoms. The highest BCUT2D eigenvalue weighted by Crippen LogP contribution is 1.94. The fraction of sp³-hybridized carbons (Fsp3) is 0.571. The Morgan fingerprint density at radius 2 is 2.15 bits per heavy atom. The maximum Gasteiger partial charge on any atom is 0.335 e. The minimum atomic E-state index is -0.823. The van der Waals surface area contributed by atoms with Crippen molar-refractivity contribution in [2.24, 2.45) is 0 Å². The van der Waals surface area contributed by atoms with E-state index < -0.39 is 11.9 Å². The third kappa shape index (κ3) is 4.22. The van der Waals surface area contributed by atoms with Crippen LogP contribution in [0.25, 0.3) is 0 Å². The van der Waals surface area contributed by atoms with Gasteiger partial charge in [-0.3, -0.25) is 9.59 Å². The molecule has 0 unspecified atom stereocenters. The van der Waals surface area contributed by atoms with Crippen LogP contribution < -0.4 is 0 Å². The van der Waals surface area contributed by atoms with Crippen molar-refractivity contribution in [2.75, 3.05) is 6.61 Å². The Morgan fingerprint density at radius 1 is 1.54 bits per heavy atom. The van der Waals surface area contributed by atoms with Crippen LogP contribution in [0.1, 0.15) is 19.8 Å². The second-order valence-corrected chi connectivity index (χ2v) is 2.12. The van der Waals surface area contributed by atoms with Crippen molar-refractivity contribution < 1.29 is 24.3 Å². The molecule has 0 radical (unpaired) electrons. The molecule has 2 amide bonds. The molecule has 0 heterocycles. The third-order valence-corrected chi connectivity index (χ3v) is 1.16. The highest BCUT2D eigenvalue weighted by molar-refractivity contribution is 5.86. The average Bonchev–Trinajstić information content (AvgIpc) is 2.13. The third-order valence-electron chi connectivity index (χ3n) is 1.16. The first-order valence-corrected chi connectivity index (χ1v) is 3.74. The maximum atomic E-state index is 10.8. The lowest BCUT2D eigenvalue weighted by molar-refractivity contribution is -0.196. The van der Waals surface area contributed by atoms with Crippen molar-refractivity contribution in [3.05, 3.63) is 0 Å². The fourth-order valence-corrected chi connectivity index (χ4v) is 0.534. The number of rotatable bonds is 4. The number of amides is 2. The molecule has 0 aromatic rings. The molecular weight excluding hydrogens is 178 g/mol. The van der Waals surface area contributed by atoms with E-state index in [1.54, 1.807) is 0 Å². The first kappa shape index (κ1) is 11.6. The summed E-state index contributed by atoms with van der Waals surface area (Å²) in [6.45, 7) is 1.14. The molecule has 0 aromatic carbocycles. The molecule has 1 N–H and O–H groups in total. The summed E-state index contributed by atoms with van der Waals surface area (Å²) >= 11 is 0. The Kier molecular flexibility index (Phi) is 5.45. The zero-order chi connectivity index (χ0) is 10.3. The van der Waals surface area contributed by atoms with E-state index in [0.29, 0.717) is 5.06 Å². The minimum absolute atomic E-state index is 0.0607. The van der Waals surface area contributed by atoms with Gasteiger partial charge in [-0.05, 0) is 0 Å². The van der Waals surface area contributed by atoms with E-state index in [0.717, 1.165) is 0 Å². The lowest BCUT2D eigenvalue weighted by Crippen LogP contribution is -2.32. The van der Waals surface area contributed by atoms with Crippen molar-refractivity contribution in [1.29, 1.82) is 0 Å². The fourth-order valence-electron chi connectivity index (χ4n) is 0.534. The van der Waals surface area contributed by atoms with Crippen molar-refractivity contribution in [2.45, 2.75) is 19.8 Å². The molecule has 6 heteroatoms. The zero-order valence-corrected chi connectivity index (χ0v) is 7.23. The van der Waals surface area contributed by atoms with E-state index in [4.69, 9.17) is 5.11 Å². The Morgan fingerprint density at radius 3 is 2.54 bits per heavy atom. The molecule has 0 bridgehead atoms. The van der Waals surface area contributed by atoms with E-state index in [1.807, 2.05) is 0 Å². The van der Waals surface area contributed by atoms with Crippen molar-refractivity contribution in [3.8, 4) is 0 Å². The van der Waals surface area contributed by atoms with Crippen LogP contribution in [0.3, 0.4) is 0 Å². The van der Waals surface area contributed by atoms with Gasteiger partial charge in [-0.15, -0.1) is 5.06 Å². The molecule has 0 aromatic heterocycles. The number of nitrogens with zero attached hydrogens (tertiary/aromatic N) is 1. The molecule has 0 aliphatic rings. The van der Waals surface area contributed by atoms with Crippen LogP contribution in [0.15, 0.2) is 0 Å². The van der Waals surface area contributed by atoms with Crippen LogP contribution in [-0.2, 0) is 19.2 Å². The molecule has 0 aliphatic heterocycles. The van der Waals surface area contributed by atoms with E-state index in [2.05, 4.69) is 4.84 Å². The van der Waals surface area contributed by atoms with E-state index in [1.165, 1.54) is 6.92 Å². The Labute approximate surface area is 75.0 Å². The summed E-state index contributed by atoms with van der Waals surface area (Å²) in [4.78, 5) is 36.1. The SMILES string of the molecule is CCC(=O)N(C=O)OC(=O)CCO. The molecule has 0 rings (SSSR count). The van der Waals surface area contributed by atoms with Crippen LogP contribution in [0, 0.1) is 0 Å². The molecule has 13 heavy (non-hydrogen) atoms. The number of aliphatic hydroxyl groups excluding tert-OH is 1. The van der Waals surface area contributed by atoms with E-state index >= 15 is 0 Å². The second kappa shape index (κ2) is 6.13. The first-order valence-electron chi connectivity index (χ1n) is 3.74. The summed E-state index contributed by atoms with van der Waals surface area (Å²) in [6.07, 6.45) is -0.0758. The molecular formula is C7H11NO5. The molecule has 74 valence electrons. The van der Waals surface area contributed by atoms with Gasteiger partial charge in [-0.25, -0.2) is 4.79 Å². The van der Waals surface area contributed by atoms with Crippen LogP contribution in [0.4, 0.5) is 0 Å². The number of carbonyl (C=O) groups is 3. The number of hydrogen-bond acceptors (Lipinski definition) is 5. The number of imide groups is 1. The molecule has 0 fully saturated rings. The van der Waals surface area contributed by atoms with E-state index in [-0.39, 0.29) is 25.9 Å². The van der Waals surface area contributed by atoms with Crippen molar-refractivity contribution >= 4 is 18.3 Å². The molecule has 0 aliphatic carbocycles. The van der Waals surface area contributed by atoms with Gasteiger partial charge < -0.3 is 9.94 Å². The zero-order valence-electron chi connectivity index (χ0n) is 7.23. The van der Waals surface area contributed by atoms with Gasteiger partial charge in [-0.1, -0.05) is 6.92 Å². The van der Waals surface area contributed by atoms with E-state index in [9.17, 15) is 14.4 Å². The van der Waals surface area contributed by atoms with Crippen LogP contribution >= 0.6 is 0 Å². The Hall–Kier alpha value is -1.43. The second-order valence-electron chi connectivity index (χ2n) is 2.12. The lowest BCUT2D eigenvalue weighted by Gasteiger charge is -2.12. The standard InChI is InChI=1S/C7H11NO5/c1-2-6(11)8(5-10)13-7(12)3-4-9/h5,9H,2-4H2,1H3. The molecule has 6 nitrogen and oxygen atoms in total. The number of carbonyl (C=O) groups excluding carboxylic acids is 3. The Balaban J connectivity index is 4.05. The normalized spacial score (nSPS) is 9.08. The predicted molar refractivity (Wildman–Crippen MR) is 41.0 cm³/mol. The summed E-state index contributed by atoms with van der Waals surface area (Å²) in [6, 6.07) is 0. The quantitative estimate of drug-likeness (QED) is 0.463. The summed E-state index contributed by atoms with van der Waals surface area (Å²) in [5.41, 5.74) is 0. The smallest absolute Gasteiger partial charge is 0.335 e. The van der Waals surface area contributed by atoms with Crippen LogP contribution in [-0.4, -0.2) is 35.1 Å². The van der Waals surface area contributed by atoms with Crippen LogP contribution in [0.5, 0.6) is 0 Å². The summed E-state index contributed by atoms with van der Waals surface area (Å²) in [5, 5.41) is 8.64. The number of hydrogen-bond donors (Lipinski definition) is 1. The van der Waals surface area contributed by atoms with Gasteiger partial charge in [0.05, 0.1) is 13.0 Å². The number of aliphatic hydroxyl groups is 1. The van der Waals surface area contributed by atoms with Gasteiger partial charge in [0.1, 0.15) is 0 Å². The first-order chi connectivity index (χ1) is 6.15. The maximum absolute atomic E-state index is 10.8. The lowest BCUT2D eigenvalue weighted by atomic mass is 10.4.